The Labute approximate surface area is 116 Å². The Bertz CT molecular complexity index is 331. The second kappa shape index (κ2) is 5.82. The van der Waals surface area contributed by atoms with Crippen LogP contribution in [0.5, 0.6) is 0 Å². The lowest BCUT2D eigenvalue weighted by Crippen LogP contribution is -2.44. The zero-order valence-corrected chi connectivity index (χ0v) is 12.1. The lowest BCUT2D eigenvalue weighted by molar-refractivity contribution is -0.128. The molecule has 1 N–H and O–H groups in total. The van der Waals surface area contributed by atoms with Crippen LogP contribution in [-0.4, -0.2) is 25.2 Å². The normalized spacial score (nSPS) is 42.7. The highest BCUT2D eigenvalue weighted by molar-refractivity contribution is 5.79. The summed E-state index contributed by atoms with van der Waals surface area (Å²) < 4.78 is 5.43. The predicted molar refractivity (Wildman–Crippen MR) is 74.7 cm³/mol. The molecule has 1 heterocycles. The van der Waals surface area contributed by atoms with E-state index in [0.29, 0.717) is 18.4 Å². The quantitative estimate of drug-likeness (QED) is 0.833. The number of ether oxygens (including phenoxy) is 1. The first-order valence-electron chi connectivity index (χ1n) is 8.12. The summed E-state index contributed by atoms with van der Waals surface area (Å²) in [6.07, 6.45) is 9.08. The van der Waals surface area contributed by atoms with E-state index in [1.165, 1.54) is 32.1 Å². The summed E-state index contributed by atoms with van der Waals surface area (Å²) in [5, 5.41) is 3.23. The lowest BCUT2D eigenvalue weighted by Gasteiger charge is -2.39. The molecule has 1 aliphatic heterocycles. The predicted octanol–water partition coefficient (Wildman–Crippen LogP) is 2.74. The van der Waals surface area contributed by atoms with Crippen LogP contribution < -0.4 is 5.32 Å². The second-order valence-corrected chi connectivity index (χ2v) is 6.94. The van der Waals surface area contributed by atoms with E-state index in [1.54, 1.807) is 0 Å². The first-order valence-corrected chi connectivity index (χ1v) is 8.12. The number of nitrogens with one attached hydrogen (secondary N) is 1. The van der Waals surface area contributed by atoms with Gasteiger partial charge < -0.3 is 10.1 Å². The van der Waals surface area contributed by atoms with E-state index in [4.69, 9.17) is 4.74 Å². The third-order valence-corrected chi connectivity index (χ3v) is 5.60. The molecule has 5 unspecified atom stereocenters. The molecule has 3 heteroatoms. The highest BCUT2D eigenvalue weighted by atomic mass is 16.5. The van der Waals surface area contributed by atoms with Crippen LogP contribution in [0.25, 0.3) is 0 Å². The minimum atomic E-state index is 0.247. The van der Waals surface area contributed by atoms with Gasteiger partial charge in [0.2, 0.25) is 5.91 Å². The van der Waals surface area contributed by atoms with Crippen LogP contribution in [0.15, 0.2) is 0 Å². The molecule has 0 aromatic carbocycles. The lowest BCUT2D eigenvalue weighted by atomic mass is 9.67. The molecule has 2 saturated carbocycles. The van der Waals surface area contributed by atoms with E-state index in [1.807, 2.05) is 0 Å². The largest absolute Gasteiger partial charge is 0.379 e. The van der Waals surface area contributed by atoms with Gasteiger partial charge in [-0.3, -0.25) is 4.79 Å². The van der Waals surface area contributed by atoms with Gasteiger partial charge in [-0.2, -0.15) is 0 Å². The fourth-order valence-electron chi connectivity index (χ4n) is 4.26. The van der Waals surface area contributed by atoms with Crippen molar-refractivity contribution in [2.24, 2.45) is 23.7 Å². The maximum absolute atomic E-state index is 12.4. The van der Waals surface area contributed by atoms with Crippen LogP contribution in [0.1, 0.15) is 51.9 Å². The number of hydrogen-bond acceptors (Lipinski definition) is 2. The van der Waals surface area contributed by atoms with Crippen LogP contribution in [0.3, 0.4) is 0 Å². The van der Waals surface area contributed by atoms with Gasteiger partial charge in [-0.25, -0.2) is 0 Å². The standard InChI is InChI=1S/C16H27NO2/c1-11-9-19-10-15(11)17-16(18)14-7-6-12-4-2-3-5-13(12)8-14/h11-15H,2-10H2,1H3,(H,17,18). The van der Waals surface area contributed by atoms with Crippen LogP contribution in [0.4, 0.5) is 0 Å². The Balaban J connectivity index is 1.52. The van der Waals surface area contributed by atoms with Gasteiger partial charge in [0.25, 0.3) is 0 Å². The van der Waals surface area contributed by atoms with Crippen molar-refractivity contribution < 1.29 is 9.53 Å². The maximum Gasteiger partial charge on any atom is 0.223 e. The third-order valence-electron chi connectivity index (χ3n) is 5.60. The average molecular weight is 265 g/mol. The summed E-state index contributed by atoms with van der Waals surface area (Å²) in [5.41, 5.74) is 0. The van der Waals surface area contributed by atoms with Crippen LogP contribution in [0.2, 0.25) is 0 Å². The molecule has 0 bridgehead atoms. The minimum absolute atomic E-state index is 0.247. The first kappa shape index (κ1) is 13.4. The fraction of sp³-hybridized carbons (Fsp3) is 0.938. The van der Waals surface area contributed by atoms with Crippen LogP contribution in [0, 0.1) is 23.7 Å². The van der Waals surface area contributed by atoms with Gasteiger partial charge in [0.05, 0.1) is 19.3 Å². The number of hydrogen-bond donors (Lipinski definition) is 1. The Morgan fingerprint density at radius 1 is 1.05 bits per heavy atom. The van der Waals surface area contributed by atoms with Crippen molar-refractivity contribution in [3.63, 3.8) is 0 Å². The molecule has 1 amide bonds. The molecule has 5 atom stereocenters. The number of fused-ring (bicyclic) bond motifs is 1. The summed E-state index contributed by atoms with van der Waals surface area (Å²) >= 11 is 0. The Morgan fingerprint density at radius 2 is 1.84 bits per heavy atom. The molecule has 3 fully saturated rings. The number of carbonyl (C=O) groups is 1. The highest BCUT2D eigenvalue weighted by Gasteiger charge is 2.36. The minimum Gasteiger partial charge on any atom is -0.379 e. The molecule has 0 radical (unpaired) electrons. The highest BCUT2D eigenvalue weighted by Crippen LogP contribution is 2.42. The summed E-state index contributed by atoms with van der Waals surface area (Å²) in [6, 6.07) is 0.247. The first-order chi connectivity index (χ1) is 9.24. The smallest absolute Gasteiger partial charge is 0.223 e. The molecule has 2 aliphatic carbocycles. The van der Waals surface area contributed by atoms with Gasteiger partial charge in [-0.05, 0) is 31.1 Å². The van der Waals surface area contributed by atoms with Gasteiger partial charge in [0.1, 0.15) is 0 Å². The molecule has 0 aromatic heterocycles. The summed E-state index contributed by atoms with van der Waals surface area (Å²) in [6.45, 7) is 3.65. The fourth-order valence-corrected chi connectivity index (χ4v) is 4.26. The van der Waals surface area contributed by atoms with Crippen molar-refractivity contribution in [3.8, 4) is 0 Å². The van der Waals surface area contributed by atoms with E-state index in [-0.39, 0.29) is 12.0 Å². The summed E-state index contributed by atoms with van der Waals surface area (Å²) in [5.74, 6) is 2.79. The van der Waals surface area contributed by atoms with E-state index in [2.05, 4.69) is 12.2 Å². The Kier molecular flexibility index (Phi) is 4.11. The van der Waals surface area contributed by atoms with E-state index in [0.717, 1.165) is 31.3 Å². The zero-order chi connectivity index (χ0) is 13.2. The van der Waals surface area contributed by atoms with Crippen molar-refractivity contribution in [3.05, 3.63) is 0 Å². The molecule has 0 aromatic rings. The van der Waals surface area contributed by atoms with Gasteiger partial charge in [0.15, 0.2) is 0 Å². The average Bonchev–Trinajstić information content (AvgIpc) is 2.84. The molecule has 3 rings (SSSR count). The molecule has 0 spiro atoms. The van der Waals surface area contributed by atoms with Gasteiger partial charge >= 0.3 is 0 Å². The number of rotatable bonds is 2. The third kappa shape index (κ3) is 2.96. The van der Waals surface area contributed by atoms with Crippen molar-refractivity contribution in [2.45, 2.75) is 57.9 Å². The Hall–Kier alpha value is -0.570. The van der Waals surface area contributed by atoms with Crippen molar-refractivity contribution in [2.75, 3.05) is 13.2 Å². The van der Waals surface area contributed by atoms with E-state index < -0.39 is 0 Å². The van der Waals surface area contributed by atoms with Crippen molar-refractivity contribution in [1.82, 2.24) is 5.32 Å². The topological polar surface area (TPSA) is 38.3 Å². The molecule has 108 valence electrons. The molecular formula is C16H27NO2. The van der Waals surface area contributed by atoms with Crippen molar-refractivity contribution >= 4 is 5.91 Å². The van der Waals surface area contributed by atoms with Crippen LogP contribution in [-0.2, 0) is 9.53 Å². The SMILES string of the molecule is CC1COCC1NC(=O)C1CCC2CCCCC2C1. The monoisotopic (exact) mass is 265 g/mol. The molecule has 3 aliphatic rings. The maximum atomic E-state index is 12.4. The number of carbonyl (C=O) groups excluding carboxylic acids is 1. The molecule has 3 nitrogen and oxygen atoms in total. The zero-order valence-electron chi connectivity index (χ0n) is 12.1. The van der Waals surface area contributed by atoms with Crippen molar-refractivity contribution in [1.29, 1.82) is 0 Å². The van der Waals surface area contributed by atoms with E-state index in [9.17, 15) is 4.79 Å². The molecule has 19 heavy (non-hydrogen) atoms. The van der Waals surface area contributed by atoms with Crippen LogP contribution >= 0.6 is 0 Å². The number of amides is 1. The van der Waals surface area contributed by atoms with Gasteiger partial charge in [-0.15, -0.1) is 0 Å². The van der Waals surface area contributed by atoms with Gasteiger partial charge in [-0.1, -0.05) is 32.6 Å². The second-order valence-electron chi connectivity index (χ2n) is 6.94. The molecular weight excluding hydrogens is 238 g/mol. The Morgan fingerprint density at radius 3 is 2.58 bits per heavy atom. The summed E-state index contributed by atoms with van der Waals surface area (Å²) in [7, 11) is 0. The van der Waals surface area contributed by atoms with E-state index >= 15 is 0 Å². The van der Waals surface area contributed by atoms with Gasteiger partial charge in [0, 0.05) is 11.8 Å². The summed E-state index contributed by atoms with van der Waals surface area (Å²) in [4.78, 5) is 12.4. The molecule has 1 saturated heterocycles.